The second-order valence-corrected chi connectivity index (χ2v) is 2.45. The molecule has 1 heterocycles. The van der Waals surface area contributed by atoms with Crippen LogP contribution in [-0.2, 0) is 0 Å². The number of H-pyrrole nitrogens is 1. The zero-order valence-corrected chi connectivity index (χ0v) is 6.02. The van der Waals surface area contributed by atoms with Crippen molar-refractivity contribution >= 4 is 0 Å². The van der Waals surface area contributed by atoms with Crippen LogP contribution in [0.3, 0.4) is 0 Å². The molecular formula is C8H13N. The van der Waals surface area contributed by atoms with Gasteiger partial charge in [-0.2, -0.15) is 0 Å². The van der Waals surface area contributed by atoms with E-state index < -0.39 is 0 Å². The highest BCUT2D eigenvalue weighted by molar-refractivity contribution is 5.12. The monoisotopic (exact) mass is 123 g/mol. The summed E-state index contributed by atoms with van der Waals surface area (Å²) in [5.74, 6) is 0.705. The van der Waals surface area contributed by atoms with E-state index in [1.165, 1.54) is 12.0 Å². The largest absolute Gasteiger partial charge is 0.367 e. The summed E-state index contributed by atoms with van der Waals surface area (Å²) in [5.41, 5.74) is 1.41. The molecule has 0 saturated carbocycles. The molecule has 1 aromatic rings. The van der Waals surface area contributed by atoms with Crippen LogP contribution < -0.4 is 0 Å². The third kappa shape index (κ3) is 1.35. The summed E-state index contributed by atoms with van der Waals surface area (Å²) in [6, 6.07) is 2.13. The highest BCUT2D eigenvalue weighted by atomic mass is 14.6. The molecule has 0 aliphatic heterocycles. The highest BCUT2D eigenvalue weighted by Gasteiger charge is 2.00. The van der Waals surface area contributed by atoms with Crippen LogP contribution in [0, 0.1) is 0 Å². The molecule has 50 valence electrons. The quantitative estimate of drug-likeness (QED) is 0.622. The summed E-state index contributed by atoms with van der Waals surface area (Å²) < 4.78 is 0. The Labute approximate surface area is 56.1 Å². The van der Waals surface area contributed by atoms with E-state index in [0.29, 0.717) is 5.92 Å². The van der Waals surface area contributed by atoms with Crippen molar-refractivity contribution in [2.24, 2.45) is 0 Å². The molecule has 0 radical (unpaired) electrons. The maximum absolute atomic E-state index is 3.04. The normalized spacial score (nSPS) is 13.6. The van der Waals surface area contributed by atoms with Crippen LogP contribution in [0.5, 0.6) is 0 Å². The van der Waals surface area contributed by atoms with Crippen LogP contribution in [0.4, 0.5) is 0 Å². The molecule has 0 aromatic carbocycles. The maximum Gasteiger partial charge on any atom is 0.00400 e. The van der Waals surface area contributed by atoms with Gasteiger partial charge in [-0.05, 0) is 24.0 Å². The van der Waals surface area contributed by atoms with Crippen LogP contribution >= 0.6 is 0 Å². The molecule has 0 aliphatic carbocycles. The summed E-state index contributed by atoms with van der Waals surface area (Å²) in [5, 5.41) is 0. The molecule has 9 heavy (non-hydrogen) atoms. The molecule has 0 amide bonds. The Kier molecular flexibility index (Phi) is 1.93. The molecule has 1 aromatic heterocycles. The topological polar surface area (TPSA) is 15.8 Å². The SMILES string of the molecule is CCC(C)c1cc[nH]c1. The van der Waals surface area contributed by atoms with E-state index in [4.69, 9.17) is 0 Å². The molecule has 1 unspecified atom stereocenters. The van der Waals surface area contributed by atoms with E-state index in [2.05, 4.69) is 31.1 Å². The van der Waals surface area contributed by atoms with E-state index in [0.717, 1.165) is 0 Å². The number of hydrogen-bond donors (Lipinski definition) is 1. The van der Waals surface area contributed by atoms with Crippen molar-refractivity contribution in [3.63, 3.8) is 0 Å². The Morgan fingerprint density at radius 3 is 2.89 bits per heavy atom. The third-order valence-corrected chi connectivity index (χ3v) is 1.80. The van der Waals surface area contributed by atoms with Gasteiger partial charge in [0.2, 0.25) is 0 Å². The van der Waals surface area contributed by atoms with Crippen molar-refractivity contribution in [3.8, 4) is 0 Å². The van der Waals surface area contributed by atoms with Gasteiger partial charge >= 0.3 is 0 Å². The zero-order chi connectivity index (χ0) is 6.69. The first-order valence-corrected chi connectivity index (χ1v) is 3.47. The van der Waals surface area contributed by atoms with E-state index in [1.54, 1.807) is 0 Å². The van der Waals surface area contributed by atoms with Gasteiger partial charge in [-0.15, -0.1) is 0 Å². The summed E-state index contributed by atoms with van der Waals surface area (Å²) >= 11 is 0. The maximum atomic E-state index is 3.04. The molecule has 0 bridgehead atoms. The van der Waals surface area contributed by atoms with E-state index in [-0.39, 0.29) is 0 Å². The lowest BCUT2D eigenvalue weighted by Gasteiger charge is -2.02. The number of rotatable bonds is 2. The van der Waals surface area contributed by atoms with Gasteiger partial charge in [-0.1, -0.05) is 13.8 Å². The first kappa shape index (κ1) is 6.40. The first-order valence-electron chi connectivity index (χ1n) is 3.47. The highest BCUT2D eigenvalue weighted by Crippen LogP contribution is 2.16. The molecule has 0 fully saturated rings. The van der Waals surface area contributed by atoms with Crippen molar-refractivity contribution in [2.45, 2.75) is 26.2 Å². The van der Waals surface area contributed by atoms with Crippen molar-refractivity contribution < 1.29 is 0 Å². The summed E-state index contributed by atoms with van der Waals surface area (Å²) in [6.07, 6.45) is 5.26. The van der Waals surface area contributed by atoms with Gasteiger partial charge in [-0.25, -0.2) is 0 Å². The number of aromatic amines is 1. The van der Waals surface area contributed by atoms with Gasteiger partial charge in [0.25, 0.3) is 0 Å². The fourth-order valence-electron chi connectivity index (χ4n) is 0.879. The van der Waals surface area contributed by atoms with Crippen LogP contribution in [0.15, 0.2) is 18.5 Å². The lowest BCUT2D eigenvalue weighted by molar-refractivity contribution is 0.735. The molecule has 1 N–H and O–H groups in total. The first-order chi connectivity index (χ1) is 4.34. The van der Waals surface area contributed by atoms with Crippen molar-refractivity contribution in [3.05, 3.63) is 24.0 Å². The predicted octanol–water partition coefficient (Wildman–Crippen LogP) is 2.53. The smallest absolute Gasteiger partial charge is 0.00400 e. The predicted molar refractivity (Wildman–Crippen MR) is 39.5 cm³/mol. The van der Waals surface area contributed by atoms with Gasteiger partial charge in [-0.3, -0.25) is 0 Å². The summed E-state index contributed by atoms with van der Waals surface area (Å²) in [7, 11) is 0. The molecular weight excluding hydrogens is 110 g/mol. The lowest BCUT2D eigenvalue weighted by atomic mass is 10.0. The zero-order valence-electron chi connectivity index (χ0n) is 6.02. The second kappa shape index (κ2) is 2.72. The van der Waals surface area contributed by atoms with E-state index in [1.807, 2.05) is 6.20 Å². The number of nitrogens with one attached hydrogen (secondary N) is 1. The van der Waals surface area contributed by atoms with Gasteiger partial charge in [0, 0.05) is 12.4 Å². The summed E-state index contributed by atoms with van der Waals surface area (Å²) in [6.45, 7) is 4.45. The molecule has 1 nitrogen and oxygen atoms in total. The van der Waals surface area contributed by atoms with Crippen molar-refractivity contribution in [1.29, 1.82) is 0 Å². The van der Waals surface area contributed by atoms with E-state index >= 15 is 0 Å². The number of aromatic nitrogens is 1. The standard InChI is InChI=1S/C8H13N/c1-3-7(2)8-4-5-9-6-8/h4-7,9H,3H2,1-2H3. The Morgan fingerprint density at radius 2 is 2.44 bits per heavy atom. The molecule has 0 saturated heterocycles. The molecule has 0 spiro atoms. The second-order valence-electron chi connectivity index (χ2n) is 2.45. The van der Waals surface area contributed by atoms with Gasteiger partial charge in [0.15, 0.2) is 0 Å². The minimum Gasteiger partial charge on any atom is -0.367 e. The average Bonchev–Trinajstić information content (AvgIpc) is 2.37. The number of hydrogen-bond acceptors (Lipinski definition) is 0. The lowest BCUT2D eigenvalue weighted by Crippen LogP contribution is -1.86. The molecule has 1 rings (SSSR count). The van der Waals surface area contributed by atoms with Crippen LogP contribution in [0.1, 0.15) is 31.7 Å². The summed E-state index contributed by atoms with van der Waals surface area (Å²) in [4.78, 5) is 3.04. The Hall–Kier alpha value is -0.720. The fourth-order valence-corrected chi connectivity index (χ4v) is 0.879. The van der Waals surface area contributed by atoms with Crippen molar-refractivity contribution in [1.82, 2.24) is 4.98 Å². The Bertz CT molecular complexity index is 153. The molecule has 1 heteroatoms. The molecule has 0 aliphatic rings. The van der Waals surface area contributed by atoms with Gasteiger partial charge in [0.1, 0.15) is 0 Å². The average molecular weight is 123 g/mol. The van der Waals surface area contributed by atoms with Crippen LogP contribution in [-0.4, -0.2) is 4.98 Å². The van der Waals surface area contributed by atoms with Crippen molar-refractivity contribution in [2.75, 3.05) is 0 Å². The van der Waals surface area contributed by atoms with Crippen LogP contribution in [0.2, 0.25) is 0 Å². The van der Waals surface area contributed by atoms with E-state index in [9.17, 15) is 0 Å². The van der Waals surface area contributed by atoms with Crippen LogP contribution in [0.25, 0.3) is 0 Å². The Balaban J connectivity index is 2.65. The van der Waals surface area contributed by atoms with Gasteiger partial charge < -0.3 is 4.98 Å². The minimum absolute atomic E-state index is 0.705. The fraction of sp³-hybridized carbons (Fsp3) is 0.500. The third-order valence-electron chi connectivity index (χ3n) is 1.80. The Morgan fingerprint density at radius 1 is 1.67 bits per heavy atom. The molecule has 1 atom stereocenters. The van der Waals surface area contributed by atoms with Gasteiger partial charge in [0.05, 0.1) is 0 Å². The minimum atomic E-state index is 0.705.